The molecule has 0 unspecified atom stereocenters. The minimum atomic E-state index is -0.774. The number of rotatable bonds is 4. The standard InChI is InChI=1S/C17H22F2N2O2/c1-11(2)7-16(22)21-5-3-15(4-6-21)20-17(23)12-8-13(18)10-14(19)9-12/h8-11,15H,3-7H2,1-2H3,(H,20,23). The number of likely N-dealkylation sites (tertiary alicyclic amines) is 1. The molecule has 0 radical (unpaired) electrons. The van der Waals surface area contributed by atoms with Gasteiger partial charge in [0.05, 0.1) is 0 Å². The molecule has 1 aromatic rings. The van der Waals surface area contributed by atoms with E-state index in [0.717, 1.165) is 18.2 Å². The van der Waals surface area contributed by atoms with Crippen LogP contribution in [0.25, 0.3) is 0 Å². The van der Waals surface area contributed by atoms with Crippen molar-refractivity contribution < 1.29 is 18.4 Å². The van der Waals surface area contributed by atoms with Crippen LogP contribution in [-0.4, -0.2) is 35.8 Å². The summed E-state index contributed by atoms with van der Waals surface area (Å²) in [6.07, 6.45) is 1.82. The fourth-order valence-electron chi connectivity index (χ4n) is 2.71. The zero-order valence-electron chi connectivity index (χ0n) is 13.4. The van der Waals surface area contributed by atoms with Crippen LogP contribution in [-0.2, 0) is 4.79 Å². The molecule has 6 heteroatoms. The third-order valence-electron chi connectivity index (χ3n) is 3.89. The van der Waals surface area contributed by atoms with Crippen molar-refractivity contribution in [1.82, 2.24) is 10.2 Å². The summed E-state index contributed by atoms with van der Waals surface area (Å²) in [5.41, 5.74) is -0.0270. The van der Waals surface area contributed by atoms with Gasteiger partial charge in [-0.1, -0.05) is 13.8 Å². The first-order chi connectivity index (χ1) is 10.8. The molecule has 2 amide bonds. The Hall–Kier alpha value is -1.98. The second-order valence-electron chi connectivity index (χ2n) is 6.38. The predicted octanol–water partition coefficient (Wildman–Crippen LogP) is 2.73. The molecule has 1 fully saturated rings. The second-order valence-corrected chi connectivity index (χ2v) is 6.38. The van der Waals surface area contributed by atoms with Crippen LogP contribution in [0.1, 0.15) is 43.5 Å². The van der Waals surface area contributed by atoms with Crippen LogP contribution in [0.5, 0.6) is 0 Å². The van der Waals surface area contributed by atoms with E-state index in [1.807, 2.05) is 18.7 Å². The molecule has 126 valence electrons. The van der Waals surface area contributed by atoms with Gasteiger partial charge in [-0.15, -0.1) is 0 Å². The largest absolute Gasteiger partial charge is 0.349 e. The van der Waals surface area contributed by atoms with E-state index in [0.29, 0.717) is 38.3 Å². The fraction of sp³-hybridized carbons (Fsp3) is 0.529. The molecule has 1 saturated heterocycles. The van der Waals surface area contributed by atoms with Crippen LogP contribution in [0.15, 0.2) is 18.2 Å². The maximum Gasteiger partial charge on any atom is 0.251 e. The molecule has 1 N–H and O–H groups in total. The van der Waals surface area contributed by atoms with Crippen LogP contribution in [0, 0.1) is 17.6 Å². The van der Waals surface area contributed by atoms with Gasteiger partial charge in [-0.2, -0.15) is 0 Å². The van der Waals surface area contributed by atoms with Crippen LogP contribution in [0.4, 0.5) is 8.78 Å². The van der Waals surface area contributed by atoms with Gasteiger partial charge < -0.3 is 10.2 Å². The highest BCUT2D eigenvalue weighted by atomic mass is 19.1. The van der Waals surface area contributed by atoms with E-state index in [2.05, 4.69) is 5.32 Å². The molecule has 0 atom stereocenters. The minimum absolute atomic E-state index is 0.0270. The van der Waals surface area contributed by atoms with Gasteiger partial charge in [0, 0.05) is 37.2 Å². The monoisotopic (exact) mass is 324 g/mol. The zero-order chi connectivity index (χ0) is 17.0. The molecule has 0 aromatic heterocycles. The number of hydrogen-bond donors (Lipinski definition) is 1. The third kappa shape index (κ3) is 5.01. The van der Waals surface area contributed by atoms with Crippen LogP contribution >= 0.6 is 0 Å². The highest BCUT2D eigenvalue weighted by molar-refractivity contribution is 5.94. The van der Waals surface area contributed by atoms with E-state index in [1.165, 1.54) is 0 Å². The Morgan fingerprint density at radius 2 is 1.74 bits per heavy atom. The van der Waals surface area contributed by atoms with Crippen molar-refractivity contribution in [3.05, 3.63) is 35.4 Å². The number of nitrogens with zero attached hydrogens (tertiary/aromatic N) is 1. The van der Waals surface area contributed by atoms with Crippen LogP contribution in [0.3, 0.4) is 0 Å². The summed E-state index contributed by atoms with van der Waals surface area (Å²) >= 11 is 0. The van der Waals surface area contributed by atoms with Gasteiger partial charge in [0.1, 0.15) is 11.6 Å². The van der Waals surface area contributed by atoms with E-state index in [-0.39, 0.29) is 17.5 Å². The number of benzene rings is 1. The van der Waals surface area contributed by atoms with Crippen molar-refractivity contribution in [2.45, 2.75) is 39.2 Å². The Balaban J connectivity index is 1.86. The third-order valence-corrected chi connectivity index (χ3v) is 3.89. The maximum absolute atomic E-state index is 13.1. The number of hydrogen-bond acceptors (Lipinski definition) is 2. The zero-order valence-corrected chi connectivity index (χ0v) is 13.4. The molecule has 2 rings (SSSR count). The Morgan fingerprint density at radius 1 is 1.17 bits per heavy atom. The van der Waals surface area contributed by atoms with Crippen molar-refractivity contribution in [1.29, 1.82) is 0 Å². The van der Waals surface area contributed by atoms with Crippen molar-refractivity contribution in [3.8, 4) is 0 Å². The van der Waals surface area contributed by atoms with Gasteiger partial charge in [-0.3, -0.25) is 9.59 Å². The summed E-state index contributed by atoms with van der Waals surface area (Å²) in [6, 6.07) is 2.67. The average molecular weight is 324 g/mol. The number of carbonyl (C=O) groups excluding carboxylic acids is 2. The summed E-state index contributed by atoms with van der Waals surface area (Å²) in [7, 11) is 0. The molecular formula is C17H22F2N2O2. The number of halogens is 2. The molecular weight excluding hydrogens is 302 g/mol. The molecule has 1 aromatic carbocycles. The van der Waals surface area contributed by atoms with Crippen molar-refractivity contribution in [2.24, 2.45) is 5.92 Å². The highest BCUT2D eigenvalue weighted by Gasteiger charge is 2.24. The van der Waals surface area contributed by atoms with E-state index >= 15 is 0 Å². The average Bonchev–Trinajstić information content (AvgIpc) is 2.46. The topological polar surface area (TPSA) is 49.4 Å². The first kappa shape index (κ1) is 17.4. The van der Waals surface area contributed by atoms with Gasteiger partial charge in [0.25, 0.3) is 5.91 Å². The van der Waals surface area contributed by atoms with Crippen molar-refractivity contribution in [2.75, 3.05) is 13.1 Å². The lowest BCUT2D eigenvalue weighted by Crippen LogP contribution is -2.46. The first-order valence-corrected chi connectivity index (χ1v) is 7.90. The molecule has 0 saturated carbocycles. The highest BCUT2D eigenvalue weighted by Crippen LogP contribution is 2.15. The molecule has 0 spiro atoms. The Bertz CT molecular complexity index is 562. The molecule has 1 aliphatic rings. The van der Waals surface area contributed by atoms with Gasteiger partial charge in [0.15, 0.2) is 0 Å². The van der Waals surface area contributed by atoms with Gasteiger partial charge in [-0.25, -0.2) is 8.78 Å². The summed E-state index contributed by atoms with van der Waals surface area (Å²) < 4.78 is 26.3. The molecule has 0 aliphatic carbocycles. The molecule has 1 heterocycles. The molecule has 1 aliphatic heterocycles. The second kappa shape index (κ2) is 7.53. The fourth-order valence-corrected chi connectivity index (χ4v) is 2.71. The molecule has 4 nitrogen and oxygen atoms in total. The smallest absolute Gasteiger partial charge is 0.251 e. The van der Waals surface area contributed by atoms with E-state index < -0.39 is 17.5 Å². The summed E-state index contributed by atoms with van der Waals surface area (Å²) in [5.74, 6) is -1.58. The minimum Gasteiger partial charge on any atom is -0.349 e. The van der Waals surface area contributed by atoms with Gasteiger partial charge in [-0.05, 0) is 30.9 Å². The quantitative estimate of drug-likeness (QED) is 0.926. The Labute approximate surface area is 134 Å². The lowest BCUT2D eigenvalue weighted by Gasteiger charge is -2.32. The summed E-state index contributed by atoms with van der Waals surface area (Å²) in [4.78, 5) is 25.9. The van der Waals surface area contributed by atoms with E-state index in [9.17, 15) is 18.4 Å². The Kier molecular flexibility index (Phi) is 5.69. The SMILES string of the molecule is CC(C)CC(=O)N1CCC(NC(=O)c2cc(F)cc(F)c2)CC1. The van der Waals surface area contributed by atoms with Crippen molar-refractivity contribution in [3.63, 3.8) is 0 Å². The van der Waals surface area contributed by atoms with Gasteiger partial charge >= 0.3 is 0 Å². The predicted molar refractivity (Wildman–Crippen MR) is 82.9 cm³/mol. The van der Waals surface area contributed by atoms with E-state index in [1.54, 1.807) is 0 Å². The van der Waals surface area contributed by atoms with Gasteiger partial charge in [0.2, 0.25) is 5.91 Å². The summed E-state index contributed by atoms with van der Waals surface area (Å²) in [6.45, 7) is 5.19. The van der Waals surface area contributed by atoms with Crippen LogP contribution in [0.2, 0.25) is 0 Å². The Morgan fingerprint density at radius 3 is 2.26 bits per heavy atom. The molecule has 0 bridgehead atoms. The maximum atomic E-state index is 13.1. The van der Waals surface area contributed by atoms with E-state index in [4.69, 9.17) is 0 Å². The molecule has 23 heavy (non-hydrogen) atoms. The number of carbonyl (C=O) groups is 2. The van der Waals surface area contributed by atoms with Crippen LogP contribution < -0.4 is 5.32 Å². The number of piperidine rings is 1. The first-order valence-electron chi connectivity index (χ1n) is 7.90. The number of amides is 2. The normalized spacial score (nSPS) is 15.8. The number of nitrogens with one attached hydrogen (secondary N) is 1. The lowest BCUT2D eigenvalue weighted by atomic mass is 10.0. The summed E-state index contributed by atoms with van der Waals surface area (Å²) in [5, 5.41) is 2.78. The van der Waals surface area contributed by atoms with Crippen molar-refractivity contribution >= 4 is 11.8 Å². The lowest BCUT2D eigenvalue weighted by molar-refractivity contribution is -0.133.